The second kappa shape index (κ2) is 14.8. The van der Waals surface area contributed by atoms with E-state index in [1.807, 2.05) is 6.07 Å². The lowest BCUT2D eigenvalue weighted by Crippen LogP contribution is -2.26. The van der Waals surface area contributed by atoms with Crippen LogP contribution in [0.1, 0.15) is 39.1 Å². The summed E-state index contributed by atoms with van der Waals surface area (Å²) in [6.07, 6.45) is 2.08. The molecule has 0 saturated carbocycles. The van der Waals surface area contributed by atoms with Gasteiger partial charge in [-0.15, -0.1) is 0 Å². The first-order chi connectivity index (χ1) is 19.4. The molecule has 0 aliphatic rings. The van der Waals surface area contributed by atoms with Gasteiger partial charge in [-0.25, -0.2) is 10.2 Å². The molecule has 0 spiro atoms. The smallest absolute Gasteiger partial charge is 0.343 e. The number of amides is 2. The zero-order valence-electron chi connectivity index (χ0n) is 22.7. The lowest BCUT2D eigenvalue weighted by Gasteiger charge is -2.14. The summed E-state index contributed by atoms with van der Waals surface area (Å²) >= 11 is 0. The molecule has 11 heteroatoms. The fourth-order valence-electron chi connectivity index (χ4n) is 3.58. The van der Waals surface area contributed by atoms with Gasteiger partial charge in [0.1, 0.15) is 0 Å². The van der Waals surface area contributed by atoms with Crippen LogP contribution in [0.4, 0.5) is 0 Å². The third-order valence-corrected chi connectivity index (χ3v) is 5.60. The number of hydrogen-bond donors (Lipinski definition) is 2. The maximum atomic E-state index is 12.8. The van der Waals surface area contributed by atoms with Crippen molar-refractivity contribution in [2.75, 3.05) is 35.0 Å². The summed E-state index contributed by atoms with van der Waals surface area (Å²) < 4.78 is 26.8. The van der Waals surface area contributed by atoms with E-state index < -0.39 is 5.97 Å². The monoisotopic (exact) mass is 549 g/mol. The molecule has 0 heterocycles. The number of esters is 1. The predicted octanol–water partition coefficient (Wildman–Crippen LogP) is 3.60. The van der Waals surface area contributed by atoms with E-state index in [4.69, 9.17) is 23.7 Å². The van der Waals surface area contributed by atoms with Crippen LogP contribution < -0.4 is 34.4 Å². The van der Waals surface area contributed by atoms with Gasteiger partial charge < -0.3 is 29.0 Å². The molecule has 0 aliphatic heterocycles. The summed E-state index contributed by atoms with van der Waals surface area (Å²) in [5.74, 6) is 0.289. The van der Waals surface area contributed by atoms with Gasteiger partial charge >= 0.3 is 5.97 Å². The van der Waals surface area contributed by atoms with Crippen molar-refractivity contribution < 1.29 is 38.1 Å². The SMILES string of the molecule is COc1cc(/C=N/NC(=O)CCCNC(=O)c2ccccc2)ccc1OC(=O)c1cc(OC)c(OC)c(OC)c1. The Kier molecular flexibility index (Phi) is 10.9. The quantitative estimate of drug-likeness (QED) is 0.109. The number of benzene rings is 3. The minimum Gasteiger partial charge on any atom is -0.493 e. The average Bonchev–Trinajstić information content (AvgIpc) is 2.99. The zero-order valence-corrected chi connectivity index (χ0v) is 22.7. The van der Waals surface area contributed by atoms with E-state index in [-0.39, 0.29) is 35.3 Å². The van der Waals surface area contributed by atoms with Crippen LogP contribution in [0.3, 0.4) is 0 Å². The Morgan fingerprint density at radius 2 is 1.45 bits per heavy atom. The van der Waals surface area contributed by atoms with Crippen LogP contribution in [-0.2, 0) is 4.79 Å². The molecule has 0 saturated heterocycles. The van der Waals surface area contributed by atoms with Gasteiger partial charge in [0.05, 0.1) is 40.2 Å². The summed E-state index contributed by atoms with van der Waals surface area (Å²) in [6, 6.07) is 16.6. The van der Waals surface area contributed by atoms with Crippen molar-refractivity contribution in [3.8, 4) is 28.7 Å². The van der Waals surface area contributed by atoms with E-state index >= 15 is 0 Å². The average molecular weight is 550 g/mol. The van der Waals surface area contributed by atoms with Crippen molar-refractivity contribution in [2.45, 2.75) is 12.8 Å². The first kappa shape index (κ1) is 29.5. The fourth-order valence-corrected chi connectivity index (χ4v) is 3.58. The van der Waals surface area contributed by atoms with Crippen molar-refractivity contribution >= 4 is 24.0 Å². The molecular weight excluding hydrogens is 518 g/mol. The third kappa shape index (κ3) is 7.97. The normalized spacial score (nSPS) is 10.5. The van der Waals surface area contributed by atoms with E-state index in [9.17, 15) is 14.4 Å². The molecule has 0 aromatic heterocycles. The van der Waals surface area contributed by atoms with Crippen molar-refractivity contribution in [2.24, 2.45) is 5.10 Å². The summed E-state index contributed by atoms with van der Waals surface area (Å²) in [7, 11) is 5.80. The van der Waals surface area contributed by atoms with E-state index in [1.54, 1.807) is 42.5 Å². The van der Waals surface area contributed by atoms with Crippen LogP contribution in [-0.4, -0.2) is 59.0 Å². The molecule has 40 heavy (non-hydrogen) atoms. The highest BCUT2D eigenvalue weighted by Crippen LogP contribution is 2.38. The van der Waals surface area contributed by atoms with Crippen LogP contribution in [0.15, 0.2) is 65.8 Å². The highest BCUT2D eigenvalue weighted by Gasteiger charge is 2.19. The Morgan fingerprint density at radius 1 is 0.775 bits per heavy atom. The summed E-state index contributed by atoms with van der Waals surface area (Å²) in [5, 5.41) is 6.73. The maximum absolute atomic E-state index is 12.8. The number of hydrogen-bond acceptors (Lipinski definition) is 9. The summed E-state index contributed by atoms with van der Waals surface area (Å²) in [4.78, 5) is 36.9. The van der Waals surface area contributed by atoms with E-state index in [1.165, 1.54) is 46.8 Å². The minimum atomic E-state index is -0.661. The molecule has 0 radical (unpaired) electrons. The zero-order chi connectivity index (χ0) is 28.9. The number of nitrogens with zero attached hydrogens (tertiary/aromatic N) is 1. The van der Waals surface area contributed by atoms with Gasteiger partial charge in [-0.05, 0) is 54.4 Å². The minimum absolute atomic E-state index is 0.181. The third-order valence-electron chi connectivity index (χ3n) is 5.60. The summed E-state index contributed by atoms with van der Waals surface area (Å²) in [6.45, 7) is 0.359. The maximum Gasteiger partial charge on any atom is 0.343 e. The number of rotatable bonds is 13. The molecule has 3 aromatic carbocycles. The number of carbonyl (C=O) groups is 3. The van der Waals surface area contributed by atoms with Crippen LogP contribution >= 0.6 is 0 Å². The second-order valence-corrected chi connectivity index (χ2v) is 8.23. The van der Waals surface area contributed by atoms with Crippen molar-refractivity contribution in [3.05, 3.63) is 77.4 Å². The van der Waals surface area contributed by atoms with Crippen LogP contribution in [0.25, 0.3) is 0 Å². The Hall–Kier alpha value is -5.06. The molecule has 0 atom stereocenters. The van der Waals surface area contributed by atoms with Crippen LogP contribution in [0.2, 0.25) is 0 Å². The largest absolute Gasteiger partial charge is 0.493 e. The number of ether oxygens (including phenoxy) is 5. The Labute approximate surface area is 232 Å². The van der Waals surface area contributed by atoms with E-state index in [0.717, 1.165) is 0 Å². The van der Waals surface area contributed by atoms with Gasteiger partial charge in [0.15, 0.2) is 23.0 Å². The van der Waals surface area contributed by atoms with Crippen LogP contribution in [0, 0.1) is 0 Å². The van der Waals surface area contributed by atoms with Crippen molar-refractivity contribution in [1.82, 2.24) is 10.7 Å². The Bertz CT molecular complexity index is 1330. The molecule has 0 fully saturated rings. The number of methoxy groups -OCH3 is 4. The molecule has 0 unspecified atom stereocenters. The second-order valence-electron chi connectivity index (χ2n) is 8.23. The molecule has 2 amide bonds. The van der Waals surface area contributed by atoms with Gasteiger partial charge in [-0.1, -0.05) is 18.2 Å². The number of carbonyl (C=O) groups excluding carboxylic acids is 3. The summed E-state index contributed by atoms with van der Waals surface area (Å²) in [5.41, 5.74) is 3.79. The van der Waals surface area contributed by atoms with Gasteiger partial charge in [0, 0.05) is 18.5 Å². The van der Waals surface area contributed by atoms with E-state index in [2.05, 4.69) is 15.8 Å². The van der Waals surface area contributed by atoms with Crippen molar-refractivity contribution in [3.63, 3.8) is 0 Å². The Balaban J connectivity index is 1.53. The highest BCUT2D eigenvalue weighted by atomic mass is 16.6. The van der Waals surface area contributed by atoms with Gasteiger partial charge in [0.25, 0.3) is 5.91 Å². The lowest BCUT2D eigenvalue weighted by molar-refractivity contribution is -0.121. The highest BCUT2D eigenvalue weighted by molar-refractivity contribution is 5.94. The first-order valence-electron chi connectivity index (χ1n) is 12.3. The van der Waals surface area contributed by atoms with Gasteiger partial charge in [-0.3, -0.25) is 9.59 Å². The Morgan fingerprint density at radius 3 is 2.08 bits per heavy atom. The molecule has 3 rings (SSSR count). The predicted molar refractivity (Wildman–Crippen MR) is 148 cm³/mol. The topological polar surface area (TPSA) is 134 Å². The van der Waals surface area contributed by atoms with Crippen LogP contribution in [0.5, 0.6) is 28.7 Å². The molecular formula is C29H31N3O8. The molecule has 0 bridgehead atoms. The fraction of sp³-hybridized carbons (Fsp3) is 0.241. The molecule has 11 nitrogen and oxygen atoms in total. The molecule has 3 aromatic rings. The molecule has 0 aliphatic carbocycles. The lowest BCUT2D eigenvalue weighted by atomic mass is 10.1. The molecule has 2 N–H and O–H groups in total. The van der Waals surface area contributed by atoms with Crippen molar-refractivity contribution in [1.29, 1.82) is 0 Å². The van der Waals surface area contributed by atoms with Gasteiger partial charge in [0.2, 0.25) is 11.7 Å². The standard InChI is InChI=1S/C29H31N3O8/c1-36-23-15-19(18-31-32-26(33)11-8-14-30-28(34)20-9-6-5-7-10-20)12-13-22(23)40-29(35)21-16-24(37-2)27(39-4)25(17-21)38-3/h5-7,9-10,12-13,15-18H,8,11,14H2,1-4H3,(H,30,34)(H,32,33)/b31-18+. The van der Waals surface area contributed by atoms with E-state index in [0.29, 0.717) is 41.3 Å². The first-order valence-corrected chi connectivity index (χ1v) is 12.3. The van der Waals surface area contributed by atoms with Gasteiger partial charge in [-0.2, -0.15) is 5.10 Å². The molecule has 210 valence electrons. The number of nitrogens with one attached hydrogen (secondary N) is 2. The number of hydrazone groups is 1.